The lowest BCUT2D eigenvalue weighted by atomic mass is 10.0. The molecule has 0 aromatic rings. The summed E-state index contributed by atoms with van der Waals surface area (Å²) in [5, 5.41) is 0. The van der Waals surface area contributed by atoms with Gasteiger partial charge in [0.2, 0.25) is 0 Å². The maximum Gasteiger partial charge on any atom is 0.115 e. The Hall–Kier alpha value is 0.660. The fraction of sp³-hybridized carbons (Fsp3) is 1.00. The summed E-state index contributed by atoms with van der Waals surface area (Å²) in [6.07, 6.45) is 0.503. The minimum absolute atomic E-state index is 0.271. The topological polar surface area (TPSA) is 0 Å². The standard InChI is InChI=1S/C7H12FI/c1-4-3-6(9)7(8)5(4)2/h4-7H,3H2,1-2H3. The molecule has 54 valence electrons. The van der Waals surface area contributed by atoms with E-state index < -0.39 is 6.17 Å². The van der Waals surface area contributed by atoms with Crippen LogP contribution in [0.3, 0.4) is 0 Å². The molecule has 0 N–H and O–H groups in total. The van der Waals surface area contributed by atoms with E-state index >= 15 is 0 Å². The van der Waals surface area contributed by atoms with E-state index in [-0.39, 0.29) is 9.84 Å². The first kappa shape index (κ1) is 7.76. The summed E-state index contributed by atoms with van der Waals surface area (Å²) in [6, 6.07) is 0. The second-order valence-electron chi connectivity index (χ2n) is 3.03. The minimum atomic E-state index is -0.555. The second-order valence-corrected chi connectivity index (χ2v) is 4.63. The molecule has 1 saturated carbocycles. The maximum absolute atomic E-state index is 13.0. The lowest BCUT2D eigenvalue weighted by Crippen LogP contribution is -2.13. The van der Waals surface area contributed by atoms with Crippen molar-refractivity contribution in [1.82, 2.24) is 0 Å². The Balaban J connectivity index is 2.54. The molecule has 0 nitrogen and oxygen atoms in total. The lowest BCUT2D eigenvalue weighted by Gasteiger charge is -2.09. The molecule has 4 atom stereocenters. The van der Waals surface area contributed by atoms with Crippen molar-refractivity contribution in [2.75, 3.05) is 0 Å². The third-order valence-corrected chi connectivity index (χ3v) is 3.54. The van der Waals surface area contributed by atoms with Crippen molar-refractivity contribution >= 4 is 22.6 Å². The highest BCUT2D eigenvalue weighted by molar-refractivity contribution is 14.1. The first-order valence-corrected chi connectivity index (χ1v) is 4.65. The minimum Gasteiger partial charge on any atom is -0.246 e. The molecule has 0 saturated heterocycles. The van der Waals surface area contributed by atoms with E-state index in [0.29, 0.717) is 5.92 Å². The predicted octanol–water partition coefficient (Wildman–Crippen LogP) is 2.80. The Bertz CT molecular complexity index is 93.1. The second kappa shape index (κ2) is 2.72. The fourth-order valence-corrected chi connectivity index (χ4v) is 2.80. The SMILES string of the molecule is CC1CC(I)C(F)C1C. The molecule has 0 amide bonds. The van der Waals surface area contributed by atoms with Crippen molar-refractivity contribution in [3.8, 4) is 0 Å². The zero-order chi connectivity index (χ0) is 7.02. The molecule has 0 aliphatic heterocycles. The maximum atomic E-state index is 13.0. The molecule has 4 unspecified atom stereocenters. The van der Waals surface area contributed by atoms with Crippen LogP contribution in [0.15, 0.2) is 0 Å². The van der Waals surface area contributed by atoms with E-state index in [4.69, 9.17) is 0 Å². The summed E-state index contributed by atoms with van der Waals surface area (Å²) in [5.41, 5.74) is 0. The molecule has 0 aromatic carbocycles. The van der Waals surface area contributed by atoms with Gasteiger partial charge in [0.25, 0.3) is 0 Å². The molecule has 0 spiro atoms. The average Bonchev–Trinajstić information content (AvgIpc) is 1.98. The van der Waals surface area contributed by atoms with Crippen LogP contribution in [0.25, 0.3) is 0 Å². The van der Waals surface area contributed by atoms with Gasteiger partial charge in [0.1, 0.15) is 6.17 Å². The molecule has 2 heteroatoms. The number of hydrogen-bond acceptors (Lipinski definition) is 0. The Morgan fingerprint density at radius 1 is 1.44 bits per heavy atom. The van der Waals surface area contributed by atoms with Crippen LogP contribution in [-0.2, 0) is 0 Å². The van der Waals surface area contributed by atoms with Gasteiger partial charge in [-0.15, -0.1) is 0 Å². The van der Waals surface area contributed by atoms with E-state index in [9.17, 15) is 4.39 Å². The number of hydrogen-bond donors (Lipinski definition) is 0. The van der Waals surface area contributed by atoms with E-state index in [1.807, 2.05) is 6.92 Å². The van der Waals surface area contributed by atoms with Crippen molar-refractivity contribution in [3.63, 3.8) is 0 Å². The van der Waals surface area contributed by atoms with Gasteiger partial charge in [-0.25, -0.2) is 4.39 Å². The molecule has 1 rings (SSSR count). The van der Waals surface area contributed by atoms with Gasteiger partial charge in [-0.05, 0) is 18.3 Å². The van der Waals surface area contributed by atoms with Gasteiger partial charge in [-0.3, -0.25) is 0 Å². The van der Waals surface area contributed by atoms with Gasteiger partial charge in [0.15, 0.2) is 0 Å². The molecule has 0 bridgehead atoms. The van der Waals surface area contributed by atoms with Crippen LogP contribution < -0.4 is 0 Å². The van der Waals surface area contributed by atoms with E-state index in [1.54, 1.807) is 0 Å². The Morgan fingerprint density at radius 3 is 2.11 bits per heavy atom. The Labute approximate surface area is 69.4 Å². The zero-order valence-electron chi connectivity index (χ0n) is 5.77. The first-order chi connectivity index (χ1) is 4.13. The van der Waals surface area contributed by atoms with E-state index in [0.717, 1.165) is 6.42 Å². The van der Waals surface area contributed by atoms with Gasteiger partial charge in [0.05, 0.1) is 0 Å². The van der Waals surface area contributed by atoms with Gasteiger partial charge >= 0.3 is 0 Å². The third-order valence-electron chi connectivity index (χ3n) is 2.34. The third kappa shape index (κ3) is 1.38. The van der Waals surface area contributed by atoms with Crippen LogP contribution in [0, 0.1) is 11.8 Å². The molecule has 1 aliphatic rings. The highest BCUT2D eigenvalue weighted by Gasteiger charge is 2.36. The Morgan fingerprint density at radius 2 is 2.00 bits per heavy atom. The van der Waals surface area contributed by atoms with Crippen LogP contribution in [0.1, 0.15) is 20.3 Å². The number of halogens is 2. The number of rotatable bonds is 0. The van der Waals surface area contributed by atoms with Crippen molar-refractivity contribution in [3.05, 3.63) is 0 Å². The quantitative estimate of drug-likeness (QED) is 0.452. The summed E-state index contributed by atoms with van der Waals surface area (Å²) in [5.74, 6) is 0.869. The summed E-state index contributed by atoms with van der Waals surface area (Å²) in [7, 11) is 0. The van der Waals surface area contributed by atoms with Crippen molar-refractivity contribution in [2.24, 2.45) is 11.8 Å². The fourth-order valence-electron chi connectivity index (χ4n) is 1.34. The molecule has 1 aliphatic carbocycles. The molecule has 0 heterocycles. The van der Waals surface area contributed by atoms with E-state index in [1.165, 1.54) is 0 Å². The summed E-state index contributed by atoms with van der Waals surface area (Å²) < 4.78 is 13.2. The largest absolute Gasteiger partial charge is 0.246 e. The monoisotopic (exact) mass is 242 g/mol. The van der Waals surface area contributed by atoms with Crippen molar-refractivity contribution < 1.29 is 4.39 Å². The van der Waals surface area contributed by atoms with E-state index in [2.05, 4.69) is 29.5 Å². The van der Waals surface area contributed by atoms with Crippen LogP contribution in [0.2, 0.25) is 0 Å². The molecule has 9 heavy (non-hydrogen) atoms. The van der Waals surface area contributed by atoms with Gasteiger partial charge in [-0.2, -0.15) is 0 Å². The lowest BCUT2D eigenvalue weighted by molar-refractivity contribution is 0.260. The van der Waals surface area contributed by atoms with Crippen LogP contribution >= 0.6 is 22.6 Å². The van der Waals surface area contributed by atoms with Gasteiger partial charge in [0, 0.05) is 3.92 Å². The van der Waals surface area contributed by atoms with Crippen LogP contribution in [0.4, 0.5) is 4.39 Å². The zero-order valence-corrected chi connectivity index (χ0v) is 7.93. The molecular weight excluding hydrogens is 230 g/mol. The normalized spacial score (nSPS) is 52.0. The average molecular weight is 242 g/mol. The molecular formula is C7H12FI. The van der Waals surface area contributed by atoms with Gasteiger partial charge in [-0.1, -0.05) is 36.4 Å². The highest BCUT2D eigenvalue weighted by Crippen LogP contribution is 2.37. The predicted molar refractivity (Wildman–Crippen MR) is 45.6 cm³/mol. The van der Waals surface area contributed by atoms with Crippen LogP contribution in [-0.4, -0.2) is 10.1 Å². The molecule has 1 fully saturated rings. The first-order valence-electron chi connectivity index (χ1n) is 3.41. The highest BCUT2D eigenvalue weighted by atomic mass is 127. The van der Waals surface area contributed by atoms with Crippen LogP contribution in [0.5, 0.6) is 0 Å². The Kier molecular flexibility index (Phi) is 2.35. The summed E-state index contributed by atoms with van der Waals surface area (Å²) in [6.45, 7) is 4.14. The molecule has 0 radical (unpaired) electrons. The number of alkyl halides is 2. The van der Waals surface area contributed by atoms with Crippen molar-refractivity contribution in [2.45, 2.75) is 30.4 Å². The smallest absolute Gasteiger partial charge is 0.115 e. The van der Waals surface area contributed by atoms with Gasteiger partial charge < -0.3 is 0 Å². The summed E-state index contributed by atoms with van der Waals surface area (Å²) in [4.78, 5) is 0. The summed E-state index contributed by atoms with van der Waals surface area (Å²) >= 11 is 2.21. The molecule has 0 aromatic heterocycles. The van der Waals surface area contributed by atoms with Crippen molar-refractivity contribution in [1.29, 1.82) is 0 Å².